The molecule has 0 aromatic carbocycles. The van der Waals surface area contributed by atoms with Gasteiger partial charge in [0.25, 0.3) is 0 Å². The van der Waals surface area contributed by atoms with Gasteiger partial charge in [0.05, 0.1) is 11.4 Å². The molecule has 0 spiro atoms. The molecule has 5 heteroatoms. The van der Waals surface area contributed by atoms with E-state index in [-0.39, 0.29) is 0 Å². The number of hydrogen-bond acceptors (Lipinski definition) is 4. The zero-order chi connectivity index (χ0) is 19.2. The highest BCUT2D eigenvalue weighted by Crippen LogP contribution is 2.20. The molecule has 5 nitrogen and oxygen atoms in total. The first-order valence-electron chi connectivity index (χ1n) is 9.77. The van der Waals surface area contributed by atoms with Crippen LogP contribution in [0.2, 0.25) is 0 Å². The number of allylic oxidation sites excluding steroid dienone is 8. The molecule has 0 amide bonds. The largest absolute Gasteiger partial charge is 0.402 e. The van der Waals surface area contributed by atoms with Gasteiger partial charge in [-0.15, -0.1) is 0 Å². The molecule has 142 valence electrons. The third-order valence-electron chi connectivity index (χ3n) is 4.83. The summed E-state index contributed by atoms with van der Waals surface area (Å²) in [6.07, 6.45) is 18.8. The van der Waals surface area contributed by atoms with Crippen LogP contribution < -0.4 is 5.73 Å². The lowest BCUT2D eigenvalue weighted by molar-refractivity contribution is 0.794. The van der Waals surface area contributed by atoms with Crippen molar-refractivity contribution in [3.05, 3.63) is 70.6 Å². The van der Waals surface area contributed by atoms with E-state index >= 15 is 0 Å². The second-order valence-electron chi connectivity index (χ2n) is 7.15. The monoisotopic (exact) mass is 363 g/mol. The van der Waals surface area contributed by atoms with Crippen molar-refractivity contribution in [1.82, 2.24) is 19.6 Å². The molecule has 2 heterocycles. The topological polar surface area (TPSA) is 69.1 Å². The van der Waals surface area contributed by atoms with Gasteiger partial charge in [0.2, 0.25) is 0 Å². The Balaban J connectivity index is 1.57. The van der Waals surface area contributed by atoms with Crippen molar-refractivity contribution >= 4 is 5.65 Å². The number of rotatable bonds is 7. The van der Waals surface area contributed by atoms with E-state index < -0.39 is 0 Å². The lowest BCUT2D eigenvalue weighted by Crippen LogP contribution is -2.01. The predicted octanol–water partition coefficient (Wildman–Crippen LogP) is 4.52. The molecule has 0 atom stereocenters. The minimum Gasteiger partial charge on any atom is -0.402 e. The fraction of sp³-hybridized carbons (Fsp3) is 0.409. The van der Waals surface area contributed by atoms with Crippen LogP contribution in [-0.4, -0.2) is 19.6 Å². The van der Waals surface area contributed by atoms with E-state index in [1.165, 1.54) is 30.4 Å². The molecule has 0 radical (unpaired) electrons. The van der Waals surface area contributed by atoms with Crippen LogP contribution in [0.1, 0.15) is 56.2 Å². The Hall–Kier alpha value is -2.69. The van der Waals surface area contributed by atoms with Crippen LogP contribution in [-0.2, 0) is 6.42 Å². The Morgan fingerprint density at radius 2 is 2.11 bits per heavy atom. The van der Waals surface area contributed by atoms with Crippen molar-refractivity contribution < 1.29 is 0 Å². The molecule has 0 saturated carbocycles. The van der Waals surface area contributed by atoms with E-state index in [1.54, 1.807) is 0 Å². The quantitative estimate of drug-likeness (QED) is 0.785. The second-order valence-corrected chi connectivity index (χ2v) is 7.15. The summed E-state index contributed by atoms with van der Waals surface area (Å²) in [5, 5.41) is 4.58. The van der Waals surface area contributed by atoms with Gasteiger partial charge in [-0.25, -0.2) is 9.50 Å². The van der Waals surface area contributed by atoms with E-state index in [4.69, 9.17) is 5.73 Å². The maximum absolute atomic E-state index is 6.19. The van der Waals surface area contributed by atoms with Crippen molar-refractivity contribution in [2.75, 3.05) is 0 Å². The Kier molecular flexibility index (Phi) is 6.22. The van der Waals surface area contributed by atoms with Gasteiger partial charge >= 0.3 is 0 Å². The van der Waals surface area contributed by atoms with Crippen LogP contribution in [0.5, 0.6) is 0 Å². The molecule has 2 aromatic heterocycles. The normalized spacial score (nSPS) is 16.3. The van der Waals surface area contributed by atoms with E-state index in [0.29, 0.717) is 0 Å². The number of nitrogens with zero attached hydrogens (tertiary/aromatic N) is 4. The number of hydrogen-bond donors (Lipinski definition) is 1. The SMILES string of the molecule is CCCCC1=CC/C(=C\C=C(/N)CCc2nc3c(C)ncc(C)n3n2)C=C1. The third kappa shape index (κ3) is 4.94. The standard InChI is InChI=1S/C22H29N5/c1-4-5-6-18-7-9-19(10-8-18)11-12-20(23)13-14-21-25-22-17(3)24-15-16(2)27(22)26-21/h7-9,11-12,15H,4-6,10,13-14,23H2,1-3H3/b19-11-,20-12-. The maximum Gasteiger partial charge on any atom is 0.177 e. The van der Waals surface area contributed by atoms with E-state index in [1.807, 2.05) is 30.6 Å². The molecule has 2 N–H and O–H groups in total. The molecule has 3 rings (SSSR count). The summed E-state index contributed by atoms with van der Waals surface area (Å²) in [5.74, 6) is 0.805. The first kappa shape index (κ1) is 19.1. The minimum absolute atomic E-state index is 0.725. The highest BCUT2D eigenvalue weighted by atomic mass is 15.3. The van der Waals surface area contributed by atoms with Crippen LogP contribution in [0.15, 0.2) is 53.4 Å². The average molecular weight is 364 g/mol. The van der Waals surface area contributed by atoms with E-state index in [2.05, 4.69) is 46.3 Å². The van der Waals surface area contributed by atoms with Crippen molar-refractivity contribution in [3.8, 4) is 0 Å². The number of aryl methyl sites for hydroxylation is 3. The van der Waals surface area contributed by atoms with Gasteiger partial charge in [-0.05, 0) is 51.2 Å². The molecule has 1 aliphatic carbocycles. The zero-order valence-corrected chi connectivity index (χ0v) is 16.6. The molecular formula is C22H29N5. The first-order chi connectivity index (χ1) is 13.1. The number of fused-ring (bicyclic) bond motifs is 1. The Labute approximate surface area is 161 Å². The van der Waals surface area contributed by atoms with Crippen molar-refractivity contribution in [2.45, 2.75) is 59.3 Å². The summed E-state index contributed by atoms with van der Waals surface area (Å²) >= 11 is 0. The average Bonchev–Trinajstić information content (AvgIpc) is 3.12. The summed E-state index contributed by atoms with van der Waals surface area (Å²) in [6, 6.07) is 0. The van der Waals surface area contributed by atoms with Gasteiger partial charge in [0, 0.05) is 18.3 Å². The third-order valence-corrected chi connectivity index (χ3v) is 4.83. The summed E-state index contributed by atoms with van der Waals surface area (Å²) in [5.41, 5.74) is 12.5. The smallest absolute Gasteiger partial charge is 0.177 e. The number of aromatic nitrogens is 4. The van der Waals surface area contributed by atoms with Crippen LogP contribution >= 0.6 is 0 Å². The van der Waals surface area contributed by atoms with Crippen LogP contribution in [0.25, 0.3) is 5.65 Å². The molecule has 2 aromatic rings. The van der Waals surface area contributed by atoms with Gasteiger partial charge in [-0.2, -0.15) is 5.10 Å². The molecule has 27 heavy (non-hydrogen) atoms. The molecular weight excluding hydrogens is 334 g/mol. The second kappa shape index (κ2) is 8.80. The van der Waals surface area contributed by atoms with Gasteiger partial charge in [0.15, 0.2) is 11.5 Å². The zero-order valence-electron chi connectivity index (χ0n) is 16.6. The highest BCUT2D eigenvalue weighted by molar-refractivity contribution is 5.43. The molecule has 0 aliphatic heterocycles. The van der Waals surface area contributed by atoms with Crippen LogP contribution in [0.4, 0.5) is 0 Å². The van der Waals surface area contributed by atoms with Crippen LogP contribution in [0.3, 0.4) is 0 Å². The summed E-state index contributed by atoms with van der Waals surface area (Å²) in [7, 11) is 0. The summed E-state index contributed by atoms with van der Waals surface area (Å²) in [4.78, 5) is 8.94. The van der Waals surface area contributed by atoms with Crippen molar-refractivity contribution in [2.24, 2.45) is 5.73 Å². The van der Waals surface area contributed by atoms with Gasteiger partial charge < -0.3 is 5.73 Å². The van der Waals surface area contributed by atoms with Crippen LogP contribution in [0, 0.1) is 13.8 Å². The van der Waals surface area contributed by atoms with E-state index in [9.17, 15) is 0 Å². The summed E-state index contributed by atoms with van der Waals surface area (Å²) in [6.45, 7) is 6.17. The van der Waals surface area contributed by atoms with Gasteiger partial charge in [-0.3, -0.25) is 4.98 Å². The molecule has 0 saturated heterocycles. The molecule has 0 bridgehead atoms. The van der Waals surface area contributed by atoms with Crippen molar-refractivity contribution in [3.63, 3.8) is 0 Å². The predicted molar refractivity (Wildman–Crippen MR) is 110 cm³/mol. The summed E-state index contributed by atoms with van der Waals surface area (Å²) < 4.78 is 1.86. The highest BCUT2D eigenvalue weighted by Gasteiger charge is 2.09. The maximum atomic E-state index is 6.19. The molecule has 0 fully saturated rings. The first-order valence-corrected chi connectivity index (χ1v) is 9.77. The van der Waals surface area contributed by atoms with Gasteiger partial charge in [0.1, 0.15) is 0 Å². The molecule has 1 aliphatic rings. The fourth-order valence-corrected chi connectivity index (χ4v) is 3.09. The van der Waals surface area contributed by atoms with Crippen molar-refractivity contribution in [1.29, 1.82) is 0 Å². The Morgan fingerprint density at radius 1 is 1.26 bits per heavy atom. The number of nitrogens with two attached hydrogens (primary N) is 1. The fourth-order valence-electron chi connectivity index (χ4n) is 3.09. The Morgan fingerprint density at radius 3 is 2.81 bits per heavy atom. The van der Waals surface area contributed by atoms with Gasteiger partial charge in [-0.1, -0.05) is 43.2 Å². The van der Waals surface area contributed by atoms with E-state index in [0.717, 1.165) is 47.8 Å². The molecule has 0 unspecified atom stereocenters. The number of unbranched alkanes of at least 4 members (excludes halogenated alkanes) is 1. The minimum atomic E-state index is 0.725. The lowest BCUT2D eigenvalue weighted by Gasteiger charge is -2.08. The lowest BCUT2D eigenvalue weighted by atomic mass is 9.98. The Bertz CT molecular complexity index is 889.